The zero-order valence-electron chi connectivity index (χ0n) is 10.6. The maximum Gasteiger partial charge on any atom is 0.323 e. The van der Waals surface area contributed by atoms with Crippen LogP contribution >= 0.6 is 0 Å². The topological polar surface area (TPSA) is 42.2 Å². The van der Waals surface area contributed by atoms with Crippen LogP contribution in [0.1, 0.15) is 0 Å². The number of carboxylic acids is 1. The molecule has 2 aromatic carbocycles. The van der Waals surface area contributed by atoms with E-state index >= 15 is 0 Å². The average molecular weight is 269 g/mol. The van der Waals surface area contributed by atoms with E-state index in [1.165, 1.54) is 12.1 Å². The van der Waals surface area contributed by atoms with Gasteiger partial charge in [0.1, 0.15) is 12.4 Å². The summed E-state index contributed by atoms with van der Waals surface area (Å²) in [6.45, 7) is -0.0667. The number of benzene rings is 2. The summed E-state index contributed by atoms with van der Waals surface area (Å²) in [5, 5.41) is 9.78. The van der Waals surface area contributed by atoms with Crippen molar-refractivity contribution >= 4 is 16.9 Å². The molecule has 0 amide bonds. The van der Waals surface area contributed by atoms with Gasteiger partial charge in [0.2, 0.25) is 0 Å². The quantitative estimate of drug-likeness (QED) is 0.790. The number of carbonyl (C=O) groups is 1. The number of carboxylic acid groups (broad SMARTS) is 1. The Labute approximate surface area is 114 Å². The second-order valence-corrected chi connectivity index (χ2v) is 4.62. The Kier molecular flexibility index (Phi) is 2.99. The number of fused-ring (bicyclic) bond motifs is 1. The van der Waals surface area contributed by atoms with Crippen molar-refractivity contribution in [3.8, 4) is 11.1 Å². The molecule has 3 nitrogen and oxygen atoms in total. The molecule has 3 aromatic rings. The second-order valence-electron chi connectivity index (χ2n) is 4.62. The largest absolute Gasteiger partial charge is 0.480 e. The Morgan fingerprint density at radius 2 is 1.90 bits per heavy atom. The number of nitrogens with zero attached hydrogens (tertiary/aromatic N) is 1. The van der Waals surface area contributed by atoms with Crippen molar-refractivity contribution in [2.75, 3.05) is 0 Å². The highest BCUT2D eigenvalue weighted by molar-refractivity contribution is 5.86. The van der Waals surface area contributed by atoms with E-state index in [2.05, 4.69) is 0 Å². The maximum absolute atomic E-state index is 13.2. The summed E-state index contributed by atoms with van der Waals surface area (Å²) < 4.78 is 14.9. The lowest BCUT2D eigenvalue weighted by Crippen LogP contribution is -2.06. The molecule has 1 heterocycles. The molecule has 0 aliphatic rings. The third kappa shape index (κ3) is 2.28. The van der Waals surface area contributed by atoms with Crippen LogP contribution in [0.3, 0.4) is 0 Å². The Balaban J connectivity index is 2.06. The van der Waals surface area contributed by atoms with Crippen LogP contribution < -0.4 is 0 Å². The van der Waals surface area contributed by atoms with Crippen molar-refractivity contribution in [3.05, 3.63) is 60.5 Å². The van der Waals surface area contributed by atoms with Gasteiger partial charge in [0.25, 0.3) is 0 Å². The predicted molar refractivity (Wildman–Crippen MR) is 75.0 cm³/mol. The number of aliphatic carboxylic acids is 1. The molecule has 0 spiro atoms. The van der Waals surface area contributed by atoms with Crippen LogP contribution in [0.15, 0.2) is 54.7 Å². The summed E-state index contributed by atoms with van der Waals surface area (Å²) in [7, 11) is 0. The highest BCUT2D eigenvalue weighted by atomic mass is 19.1. The first-order valence-electron chi connectivity index (χ1n) is 6.20. The predicted octanol–water partition coefficient (Wildman–Crippen LogP) is 3.53. The highest BCUT2D eigenvalue weighted by Crippen LogP contribution is 2.25. The lowest BCUT2D eigenvalue weighted by Gasteiger charge is -2.04. The minimum absolute atomic E-state index is 0.0667. The molecule has 0 radical (unpaired) electrons. The number of rotatable bonds is 3. The lowest BCUT2D eigenvalue weighted by atomic mass is 10.0. The van der Waals surface area contributed by atoms with Gasteiger partial charge in [0.15, 0.2) is 0 Å². The zero-order chi connectivity index (χ0) is 14.1. The molecule has 0 saturated heterocycles. The van der Waals surface area contributed by atoms with Gasteiger partial charge in [0, 0.05) is 17.1 Å². The normalized spacial score (nSPS) is 10.8. The minimum Gasteiger partial charge on any atom is -0.480 e. The van der Waals surface area contributed by atoms with Crippen LogP contribution in [0.5, 0.6) is 0 Å². The van der Waals surface area contributed by atoms with Gasteiger partial charge in [-0.1, -0.05) is 18.2 Å². The van der Waals surface area contributed by atoms with E-state index in [9.17, 15) is 9.18 Å². The third-order valence-electron chi connectivity index (χ3n) is 3.23. The van der Waals surface area contributed by atoms with E-state index in [4.69, 9.17) is 5.11 Å². The number of aromatic nitrogens is 1. The second kappa shape index (κ2) is 4.81. The first-order chi connectivity index (χ1) is 9.63. The standard InChI is InChI=1S/C16H12FNO2/c17-14-3-1-2-11(9-14)12-4-5-15-13(8-12)6-7-18(15)10-16(19)20/h1-9H,10H2,(H,19,20). The van der Waals surface area contributed by atoms with E-state index in [0.717, 1.165) is 22.0 Å². The molecule has 1 aromatic heterocycles. The van der Waals surface area contributed by atoms with Gasteiger partial charge >= 0.3 is 5.97 Å². The fraction of sp³-hybridized carbons (Fsp3) is 0.0625. The molecular weight excluding hydrogens is 257 g/mol. The third-order valence-corrected chi connectivity index (χ3v) is 3.23. The van der Waals surface area contributed by atoms with Gasteiger partial charge in [-0.15, -0.1) is 0 Å². The molecule has 1 N–H and O–H groups in total. The van der Waals surface area contributed by atoms with Crippen molar-refractivity contribution in [1.29, 1.82) is 0 Å². The van der Waals surface area contributed by atoms with Crippen LogP contribution in [0.25, 0.3) is 22.0 Å². The Morgan fingerprint density at radius 3 is 2.65 bits per heavy atom. The van der Waals surface area contributed by atoms with E-state index in [-0.39, 0.29) is 12.4 Å². The summed E-state index contributed by atoms with van der Waals surface area (Å²) in [4.78, 5) is 10.8. The fourth-order valence-electron chi connectivity index (χ4n) is 2.33. The molecule has 3 rings (SSSR count). The van der Waals surface area contributed by atoms with Gasteiger partial charge in [-0.25, -0.2) is 4.39 Å². The first-order valence-corrected chi connectivity index (χ1v) is 6.20. The molecular formula is C16H12FNO2. The molecule has 0 bridgehead atoms. The van der Waals surface area contributed by atoms with Crippen molar-refractivity contribution in [1.82, 2.24) is 4.57 Å². The minimum atomic E-state index is -0.878. The molecule has 4 heteroatoms. The average Bonchev–Trinajstić information content (AvgIpc) is 2.80. The van der Waals surface area contributed by atoms with E-state index < -0.39 is 5.97 Å². The van der Waals surface area contributed by atoms with E-state index in [0.29, 0.717) is 0 Å². The van der Waals surface area contributed by atoms with Crippen molar-refractivity contribution in [3.63, 3.8) is 0 Å². The molecule has 0 fully saturated rings. The van der Waals surface area contributed by atoms with Crippen molar-refractivity contribution < 1.29 is 14.3 Å². The molecule has 20 heavy (non-hydrogen) atoms. The van der Waals surface area contributed by atoms with Gasteiger partial charge < -0.3 is 9.67 Å². The molecule has 0 unspecified atom stereocenters. The monoisotopic (exact) mass is 269 g/mol. The number of halogens is 1. The Hall–Kier alpha value is -2.62. The zero-order valence-corrected chi connectivity index (χ0v) is 10.6. The smallest absolute Gasteiger partial charge is 0.323 e. The van der Waals surface area contributed by atoms with E-state index in [1.807, 2.05) is 30.3 Å². The van der Waals surface area contributed by atoms with Crippen LogP contribution in [-0.2, 0) is 11.3 Å². The van der Waals surface area contributed by atoms with Crippen molar-refractivity contribution in [2.24, 2.45) is 0 Å². The van der Waals surface area contributed by atoms with Crippen LogP contribution in [0, 0.1) is 5.82 Å². The van der Waals surface area contributed by atoms with Gasteiger partial charge in [-0.05, 0) is 41.5 Å². The van der Waals surface area contributed by atoms with E-state index in [1.54, 1.807) is 16.8 Å². The molecule has 0 saturated carbocycles. The molecule has 0 aliphatic heterocycles. The number of hydrogen-bond acceptors (Lipinski definition) is 1. The maximum atomic E-state index is 13.2. The fourth-order valence-corrected chi connectivity index (χ4v) is 2.33. The molecule has 0 aliphatic carbocycles. The summed E-state index contributed by atoms with van der Waals surface area (Å²) in [5.41, 5.74) is 2.57. The lowest BCUT2D eigenvalue weighted by molar-refractivity contribution is -0.137. The van der Waals surface area contributed by atoms with Crippen LogP contribution in [-0.4, -0.2) is 15.6 Å². The van der Waals surface area contributed by atoms with Crippen LogP contribution in [0.4, 0.5) is 4.39 Å². The SMILES string of the molecule is O=C(O)Cn1ccc2cc(-c3cccc(F)c3)ccc21. The van der Waals surface area contributed by atoms with Crippen molar-refractivity contribution in [2.45, 2.75) is 6.54 Å². The summed E-state index contributed by atoms with van der Waals surface area (Å²) >= 11 is 0. The summed E-state index contributed by atoms with van der Waals surface area (Å²) in [6.07, 6.45) is 1.74. The van der Waals surface area contributed by atoms with Gasteiger partial charge in [-0.2, -0.15) is 0 Å². The first kappa shape index (κ1) is 12.4. The highest BCUT2D eigenvalue weighted by Gasteiger charge is 2.06. The van der Waals surface area contributed by atoms with Gasteiger partial charge in [-0.3, -0.25) is 4.79 Å². The Morgan fingerprint density at radius 1 is 1.10 bits per heavy atom. The number of hydrogen-bond donors (Lipinski definition) is 1. The molecule has 0 atom stereocenters. The van der Waals surface area contributed by atoms with Crippen LogP contribution in [0.2, 0.25) is 0 Å². The summed E-state index contributed by atoms with van der Waals surface area (Å²) in [6, 6.07) is 13.9. The molecule has 100 valence electrons. The van der Waals surface area contributed by atoms with Gasteiger partial charge in [0.05, 0.1) is 0 Å². The summed E-state index contributed by atoms with van der Waals surface area (Å²) in [5.74, 6) is -1.15. The Bertz CT molecular complexity index is 792.